The number of hydrogen-bond donors (Lipinski definition) is 2. The van der Waals surface area contributed by atoms with Crippen molar-refractivity contribution in [1.29, 1.82) is 5.26 Å². The van der Waals surface area contributed by atoms with Crippen LogP contribution in [0.15, 0.2) is 79.8 Å². The van der Waals surface area contributed by atoms with Crippen molar-refractivity contribution in [3.05, 3.63) is 119 Å². The van der Waals surface area contributed by atoms with Crippen molar-refractivity contribution in [3.8, 4) is 23.6 Å². The van der Waals surface area contributed by atoms with E-state index >= 15 is 4.39 Å². The van der Waals surface area contributed by atoms with E-state index in [2.05, 4.69) is 43.6 Å². The molecule has 11 nitrogen and oxygen atoms in total. The van der Waals surface area contributed by atoms with E-state index in [-0.39, 0.29) is 11.8 Å². The fourth-order valence-electron chi connectivity index (χ4n) is 5.98. The van der Waals surface area contributed by atoms with E-state index in [1.165, 1.54) is 12.1 Å². The molecule has 0 saturated carbocycles. The Morgan fingerprint density at radius 3 is 2.69 bits per heavy atom. The van der Waals surface area contributed by atoms with Gasteiger partial charge in [0.15, 0.2) is 5.65 Å². The van der Waals surface area contributed by atoms with Gasteiger partial charge < -0.3 is 19.9 Å². The van der Waals surface area contributed by atoms with Gasteiger partial charge in [-0.3, -0.25) is 9.20 Å². The van der Waals surface area contributed by atoms with Gasteiger partial charge in [-0.05, 0) is 106 Å². The van der Waals surface area contributed by atoms with Crippen molar-refractivity contribution in [3.63, 3.8) is 0 Å². The molecule has 1 atom stereocenters. The third-order valence-corrected chi connectivity index (χ3v) is 8.94. The third-order valence-electron chi connectivity index (χ3n) is 8.94. The van der Waals surface area contributed by atoms with Crippen LogP contribution in [0.2, 0.25) is 0 Å². The maximum absolute atomic E-state index is 15.3. The number of benzene rings is 2. The van der Waals surface area contributed by atoms with Gasteiger partial charge in [0.2, 0.25) is 0 Å². The highest BCUT2D eigenvalue weighted by Gasteiger charge is 2.23. The predicted octanol–water partition coefficient (Wildman–Crippen LogP) is 7.37. The van der Waals surface area contributed by atoms with E-state index in [9.17, 15) is 10.1 Å². The number of amides is 1. The lowest BCUT2D eigenvalue weighted by Gasteiger charge is -2.22. The molecule has 1 aliphatic rings. The predicted molar refractivity (Wildman–Crippen MR) is 192 cm³/mol. The second-order valence-electron chi connectivity index (χ2n) is 13.2. The van der Waals surface area contributed by atoms with Crippen LogP contribution in [0.25, 0.3) is 11.3 Å². The van der Waals surface area contributed by atoms with E-state index < -0.39 is 17.1 Å². The summed E-state index contributed by atoms with van der Waals surface area (Å²) in [6.07, 6.45) is 13.8. The van der Waals surface area contributed by atoms with Crippen molar-refractivity contribution >= 4 is 28.6 Å². The highest BCUT2D eigenvalue weighted by Crippen LogP contribution is 2.30. The lowest BCUT2D eigenvalue weighted by molar-refractivity contribution is -0.0394. The molecule has 1 saturated heterocycles. The minimum Gasteiger partial charge on any atom is -0.357 e. The normalized spacial score (nSPS) is 14.5. The number of nitrogens with one attached hydrogen (secondary N) is 2. The van der Waals surface area contributed by atoms with Gasteiger partial charge in [0, 0.05) is 35.9 Å². The molecule has 51 heavy (non-hydrogen) atoms. The first-order valence-corrected chi connectivity index (χ1v) is 16.7. The van der Waals surface area contributed by atoms with Gasteiger partial charge in [-0.1, -0.05) is 5.92 Å². The molecule has 2 N–H and O–H groups in total. The fourth-order valence-corrected chi connectivity index (χ4v) is 5.98. The molecule has 1 unspecified atom stereocenters. The van der Waals surface area contributed by atoms with Gasteiger partial charge >= 0.3 is 0 Å². The van der Waals surface area contributed by atoms with Crippen LogP contribution in [0, 0.1) is 42.8 Å². The number of imidazole rings is 2. The van der Waals surface area contributed by atoms with Crippen LogP contribution in [-0.4, -0.2) is 41.2 Å². The summed E-state index contributed by atoms with van der Waals surface area (Å²) in [5.74, 6) is 4.97. The average Bonchev–Trinajstić information content (AvgIpc) is 3.89. The molecular formula is C39H36FN9O2. The molecule has 0 bridgehead atoms. The number of anilines is 3. The zero-order valence-electron chi connectivity index (χ0n) is 28.7. The van der Waals surface area contributed by atoms with E-state index in [4.69, 9.17) is 4.74 Å². The van der Waals surface area contributed by atoms with Crippen molar-refractivity contribution in [1.82, 2.24) is 28.7 Å². The number of pyridine rings is 1. The molecule has 1 fully saturated rings. The lowest BCUT2D eigenvalue weighted by atomic mass is 9.86. The highest BCUT2D eigenvalue weighted by atomic mass is 19.1. The maximum atomic E-state index is 15.3. The zero-order chi connectivity index (χ0) is 35.7. The first-order valence-electron chi connectivity index (χ1n) is 16.7. The molecular weight excluding hydrogens is 645 g/mol. The Hall–Kier alpha value is -6.24. The van der Waals surface area contributed by atoms with E-state index in [0.29, 0.717) is 39.4 Å². The number of carbonyl (C=O) groups is 1. The van der Waals surface area contributed by atoms with Crippen molar-refractivity contribution in [2.24, 2.45) is 0 Å². The van der Waals surface area contributed by atoms with Crippen LogP contribution >= 0.6 is 0 Å². The molecule has 12 heteroatoms. The smallest absolute Gasteiger partial charge is 0.258 e. The number of carbonyl (C=O) groups excluding carboxylic acids is 1. The molecule has 4 aromatic heterocycles. The number of ether oxygens (including phenoxy) is 1. The van der Waals surface area contributed by atoms with Crippen LogP contribution in [0.3, 0.4) is 0 Å². The number of rotatable bonds is 7. The van der Waals surface area contributed by atoms with Crippen LogP contribution in [0.4, 0.5) is 21.5 Å². The average molecular weight is 682 g/mol. The van der Waals surface area contributed by atoms with Gasteiger partial charge in [-0.2, -0.15) is 10.4 Å². The molecule has 0 aliphatic carbocycles. The Bertz CT molecular complexity index is 2380. The number of nitriles is 1. The summed E-state index contributed by atoms with van der Waals surface area (Å²) >= 11 is 0. The quantitative estimate of drug-likeness (QED) is 0.169. The molecule has 7 rings (SSSR count). The molecule has 5 heterocycles. The number of halogens is 1. The lowest BCUT2D eigenvalue weighted by Crippen LogP contribution is -2.18. The van der Waals surface area contributed by atoms with Gasteiger partial charge in [0.25, 0.3) is 5.91 Å². The SMILES string of the molecule is Cc1cn(-c2cc(NC(=O)c3cc(C#Cc4cnc5c(Nc6cnn(C7CCCCO7)c6)cccn45)c(C)cc3F)cc(C(C)(C)C#N)c2)cn1. The Morgan fingerprint density at radius 2 is 1.92 bits per heavy atom. The summed E-state index contributed by atoms with van der Waals surface area (Å²) < 4.78 is 26.7. The first kappa shape index (κ1) is 33.3. The zero-order valence-corrected chi connectivity index (χ0v) is 28.7. The summed E-state index contributed by atoms with van der Waals surface area (Å²) in [6.45, 7) is 7.95. The largest absolute Gasteiger partial charge is 0.357 e. The van der Waals surface area contributed by atoms with Crippen molar-refractivity contribution in [2.75, 3.05) is 17.2 Å². The summed E-state index contributed by atoms with van der Waals surface area (Å²) in [6, 6.07) is 14.3. The molecule has 1 aliphatic heterocycles. The standard InChI is InChI=1S/C39H36FN9O2/c1-25-14-34(40)33(38(50)46-29-16-28(39(3,4)23-41)17-32(18-29)47-21-26(2)43-24-47)15-27(25)10-11-31-20-42-37-35(8-7-12-48(31)37)45-30-19-44-49(22-30)36-9-5-6-13-51-36/h7-8,12,14-22,24,36,45H,5-6,9,13H2,1-4H3,(H,46,50). The van der Waals surface area contributed by atoms with Gasteiger partial charge in [0.1, 0.15) is 17.7 Å². The Kier molecular flexibility index (Phi) is 8.86. The molecule has 256 valence electrons. The van der Waals surface area contributed by atoms with Gasteiger partial charge in [0.05, 0.1) is 59.0 Å². The Balaban J connectivity index is 1.14. The van der Waals surface area contributed by atoms with Crippen LogP contribution in [0.5, 0.6) is 0 Å². The number of aromatic nitrogens is 6. The molecule has 6 aromatic rings. The first-order chi connectivity index (χ1) is 24.6. The number of aryl methyl sites for hydroxylation is 2. The van der Waals surface area contributed by atoms with Gasteiger partial charge in [-0.15, -0.1) is 0 Å². The highest BCUT2D eigenvalue weighted by molar-refractivity contribution is 6.05. The molecule has 1 amide bonds. The summed E-state index contributed by atoms with van der Waals surface area (Å²) in [4.78, 5) is 22.5. The molecule has 0 spiro atoms. The Morgan fingerprint density at radius 1 is 1.06 bits per heavy atom. The van der Waals surface area contributed by atoms with Crippen LogP contribution in [-0.2, 0) is 10.2 Å². The third kappa shape index (κ3) is 6.95. The topological polar surface area (TPSA) is 127 Å². The summed E-state index contributed by atoms with van der Waals surface area (Å²) in [5, 5.41) is 20.5. The minimum atomic E-state index is -0.842. The van der Waals surface area contributed by atoms with Crippen LogP contribution < -0.4 is 10.6 Å². The molecule has 0 radical (unpaired) electrons. The van der Waals surface area contributed by atoms with E-state index in [1.807, 2.05) is 57.4 Å². The van der Waals surface area contributed by atoms with E-state index in [1.54, 1.807) is 51.6 Å². The summed E-state index contributed by atoms with van der Waals surface area (Å²) in [5.41, 5.74) is 5.60. The number of hydrogen-bond acceptors (Lipinski definition) is 7. The van der Waals surface area contributed by atoms with Crippen LogP contribution in [0.1, 0.15) is 77.8 Å². The van der Waals surface area contributed by atoms with Gasteiger partial charge in [-0.25, -0.2) is 19.0 Å². The number of fused-ring (bicyclic) bond motifs is 1. The second kappa shape index (κ2) is 13.6. The Labute approximate surface area is 294 Å². The van der Waals surface area contributed by atoms with E-state index in [0.717, 1.165) is 42.9 Å². The molecule has 2 aromatic carbocycles. The summed E-state index contributed by atoms with van der Waals surface area (Å²) in [7, 11) is 0. The monoisotopic (exact) mass is 681 g/mol. The fraction of sp³-hybridized carbons (Fsp3) is 0.256. The second-order valence-corrected chi connectivity index (χ2v) is 13.2. The van der Waals surface area contributed by atoms with Crippen molar-refractivity contribution < 1.29 is 13.9 Å². The maximum Gasteiger partial charge on any atom is 0.258 e. The van der Waals surface area contributed by atoms with Crippen molar-refractivity contribution in [2.45, 2.75) is 58.6 Å². The number of nitrogens with zero attached hydrogens (tertiary/aromatic N) is 7. The minimum absolute atomic E-state index is 0.0574.